The lowest BCUT2D eigenvalue weighted by molar-refractivity contribution is -0.298. The number of hydrogen-bond acceptors (Lipinski definition) is 6. The number of rotatable bonds is 10. The lowest BCUT2D eigenvalue weighted by atomic mass is 10.1. The molecule has 1 aliphatic rings. The summed E-state index contributed by atoms with van der Waals surface area (Å²) >= 11 is 3.75. The van der Waals surface area contributed by atoms with Gasteiger partial charge in [0.25, 0.3) is 0 Å². The molecule has 25 heavy (non-hydrogen) atoms. The molecule has 0 aromatic heterocycles. The molecule has 0 radical (unpaired) electrons. The summed E-state index contributed by atoms with van der Waals surface area (Å²) in [5.74, 6) is 2.03. The third-order valence-electron chi connectivity index (χ3n) is 3.97. The summed E-state index contributed by atoms with van der Waals surface area (Å²) in [5, 5.41) is 9.91. The Hall–Kier alpha value is -0.240. The maximum Gasteiger partial charge on any atom is 0.184 e. The van der Waals surface area contributed by atoms with Gasteiger partial charge in [-0.25, -0.2) is 0 Å². The molecule has 1 heterocycles. The second-order valence-electron chi connectivity index (χ2n) is 5.81. The fraction of sp³-hybridized carbons (Fsp3) is 0.684. The molecular formula is C19H30O4S2. The van der Waals surface area contributed by atoms with Crippen molar-refractivity contribution in [3.8, 4) is 0 Å². The number of aliphatic hydroxyl groups excluding tert-OH is 1. The number of benzene rings is 1. The maximum absolute atomic E-state index is 9.91. The normalized spacial score (nSPS) is 26.9. The Morgan fingerprint density at radius 1 is 1.08 bits per heavy atom. The predicted octanol–water partition coefficient (Wildman–Crippen LogP) is 4.09. The highest BCUT2D eigenvalue weighted by Gasteiger charge is 2.44. The summed E-state index contributed by atoms with van der Waals surface area (Å²) in [6, 6.07) is 9.92. The zero-order valence-electron chi connectivity index (χ0n) is 15.3. The van der Waals surface area contributed by atoms with Crippen molar-refractivity contribution in [2.24, 2.45) is 0 Å². The third-order valence-corrected chi connectivity index (χ3v) is 6.64. The van der Waals surface area contributed by atoms with Gasteiger partial charge in [0.2, 0.25) is 0 Å². The van der Waals surface area contributed by atoms with E-state index >= 15 is 0 Å². The lowest BCUT2D eigenvalue weighted by Gasteiger charge is -2.44. The quantitative estimate of drug-likeness (QED) is 0.611. The first kappa shape index (κ1) is 21.1. The van der Waals surface area contributed by atoms with Crippen LogP contribution in [0.2, 0.25) is 0 Å². The van der Waals surface area contributed by atoms with Crippen molar-refractivity contribution in [3.63, 3.8) is 0 Å². The molecule has 0 spiro atoms. The molecule has 2 rings (SSSR count). The van der Waals surface area contributed by atoms with Crippen molar-refractivity contribution < 1.29 is 19.3 Å². The number of thioether (sulfide) groups is 2. The van der Waals surface area contributed by atoms with Gasteiger partial charge in [-0.15, -0.1) is 23.5 Å². The van der Waals surface area contributed by atoms with Gasteiger partial charge in [0, 0.05) is 12.2 Å². The van der Waals surface area contributed by atoms with Crippen LogP contribution in [0.15, 0.2) is 30.3 Å². The molecular weight excluding hydrogens is 356 g/mol. The Morgan fingerprint density at radius 2 is 1.76 bits per heavy atom. The molecule has 1 unspecified atom stereocenters. The second-order valence-corrected chi connectivity index (χ2v) is 8.95. The van der Waals surface area contributed by atoms with E-state index in [1.54, 1.807) is 0 Å². The van der Waals surface area contributed by atoms with Gasteiger partial charge in [-0.3, -0.25) is 0 Å². The molecule has 1 saturated heterocycles. The van der Waals surface area contributed by atoms with Gasteiger partial charge < -0.3 is 19.3 Å². The molecule has 0 amide bonds. The van der Waals surface area contributed by atoms with E-state index in [1.807, 2.05) is 53.9 Å². The van der Waals surface area contributed by atoms with E-state index < -0.39 is 6.29 Å². The number of ether oxygens (including phenoxy) is 3. The minimum atomic E-state index is -0.470. The van der Waals surface area contributed by atoms with Gasteiger partial charge in [-0.05, 0) is 17.9 Å². The molecule has 4 atom stereocenters. The average molecular weight is 387 g/mol. The summed E-state index contributed by atoms with van der Waals surface area (Å²) < 4.78 is 18.8. The minimum Gasteiger partial charge on any atom is -0.394 e. The number of hydrogen-bond donors (Lipinski definition) is 1. The Morgan fingerprint density at radius 3 is 2.32 bits per heavy atom. The van der Waals surface area contributed by atoms with Gasteiger partial charge in [0.15, 0.2) is 6.29 Å². The Labute approximate surface area is 160 Å². The Kier molecular flexibility index (Phi) is 9.66. The standard InChI is InChI=1S/C19H30O4S2/c1-4-12-21-16-15(13-20)22-18(14-10-8-7-9-11-14)23-17(16)19(24-5-2)25-6-3/h7-11,15-20H,4-6,12-13H2,1-3H3/t15-,16+,17-,18?/m1/s1. The van der Waals surface area contributed by atoms with Crippen LogP contribution in [0.3, 0.4) is 0 Å². The first-order chi connectivity index (χ1) is 12.2. The topological polar surface area (TPSA) is 47.9 Å². The van der Waals surface area contributed by atoms with Crippen molar-refractivity contribution in [2.75, 3.05) is 24.7 Å². The van der Waals surface area contributed by atoms with E-state index in [2.05, 4.69) is 20.8 Å². The molecule has 1 aromatic rings. The van der Waals surface area contributed by atoms with Gasteiger partial charge in [0.1, 0.15) is 18.3 Å². The minimum absolute atomic E-state index is 0.0715. The molecule has 0 aliphatic carbocycles. The highest BCUT2D eigenvalue weighted by atomic mass is 32.2. The van der Waals surface area contributed by atoms with Gasteiger partial charge in [0.05, 0.1) is 11.2 Å². The molecule has 142 valence electrons. The summed E-state index contributed by atoms with van der Waals surface area (Å²) in [5.41, 5.74) is 0.974. The molecule has 4 nitrogen and oxygen atoms in total. The van der Waals surface area contributed by atoms with Crippen LogP contribution in [0.5, 0.6) is 0 Å². The third kappa shape index (κ3) is 5.88. The summed E-state index contributed by atoms with van der Waals surface area (Å²) in [4.78, 5) is 0. The van der Waals surface area contributed by atoms with Crippen LogP contribution >= 0.6 is 23.5 Å². The molecule has 1 aliphatic heterocycles. The van der Waals surface area contributed by atoms with Crippen molar-refractivity contribution in [1.29, 1.82) is 0 Å². The monoisotopic (exact) mass is 386 g/mol. The fourth-order valence-corrected chi connectivity index (χ4v) is 5.53. The van der Waals surface area contributed by atoms with Crippen molar-refractivity contribution in [1.82, 2.24) is 0 Å². The van der Waals surface area contributed by atoms with E-state index in [-0.39, 0.29) is 29.5 Å². The average Bonchev–Trinajstić information content (AvgIpc) is 2.66. The smallest absolute Gasteiger partial charge is 0.184 e. The Bertz CT molecular complexity index is 468. The van der Waals surface area contributed by atoms with Crippen LogP contribution in [0.25, 0.3) is 0 Å². The maximum atomic E-state index is 9.91. The van der Waals surface area contributed by atoms with E-state index in [4.69, 9.17) is 14.2 Å². The van der Waals surface area contributed by atoms with E-state index in [9.17, 15) is 5.11 Å². The van der Waals surface area contributed by atoms with Crippen LogP contribution in [-0.4, -0.2) is 52.7 Å². The molecule has 1 N–H and O–H groups in total. The first-order valence-electron chi connectivity index (χ1n) is 9.06. The largest absolute Gasteiger partial charge is 0.394 e. The summed E-state index contributed by atoms with van der Waals surface area (Å²) in [6.45, 7) is 6.97. The zero-order chi connectivity index (χ0) is 18.1. The second kappa shape index (κ2) is 11.5. The van der Waals surface area contributed by atoms with Gasteiger partial charge >= 0.3 is 0 Å². The summed E-state index contributed by atoms with van der Waals surface area (Å²) in [7, 11) is 0. The van der Waals surface area contributed by atoms with Gasteiger partial charge in [-0.2, -0.15) is 0 Å². The van der Waals surface area contributed by atoms with Crippen molar-refractivity contribution in [3.05, 3.63) is 35.9 Å². The SMILES string of the molecule is CCCO[C@H]1[C@@H](CO)OC(c2ccccc2)O[C@H]1C(SCC)SCC. The van der Waals surface area contributed by atoms with Crippen LogP contribution in [-0.2, 0) is 14.2 Å². The zero-order valence-corrected chi connectivity index (χ0v) is 16.9. The van der Waals surface area contributed by atoms with Crippen LogP contribution in [0, 0.1) is 0 Å². The highest BCUT2D eigenvalue weighted by molar-refractivity contribution is 8.17. The van der Waals surface area contributed by atoms with Gasteiger partial charge in [-0.1, -0.05) is 51.1 Å². The van der Waals surface area contributed by atoms with E-state index in [0.29, 0.717) is 6.61 Å². The Balaban J connectivity index is 2.25. The fourth-order valence-electron chi connectivity index (χ4n) is 2.86. The van der Waals surface area contributed by atoms with Crippen molar-refractivity contribution >= 4 is 23.5 Å². The number of aliphatic hydroxyl groups is 1. The molecule has 1 fully saturated rings. The lowest BCUT2D eigenvalue weighted by Crippen LogP contribution is -2.53. The molecule has 0 bridgehead atoms. The predicted molar refractivity (Wildman–Crippen MR) is 106 cm³/mol. The molecule has 0 saturated carbocycles. The van der Waals surface area contributed by atoms with Crippen LogP contribution in [0.1, 0.15) is 39.0 Å². The first-order valence-corrected chi connectivity index (χ1v) is 11.2. The highest BCUT2D eigenvalue weighted by Crippen LogP contribution is 2.39. The van der Waals surface area contributed by atoms with Crippen LogP contribution in [0.4, 0.5) is 0 Å². The summed E-state index contributed by atoms with van der Waals surface area (Å²) in [6.07, 6.45) is -0.309. The van der Waals surface area contributed by atoms with E-state index in [0.717, 1.165) is 23.5 Å². The van der Waals surface area contributed by atoms with Crippen LogP contribution < -0.4 is 0 Å². The molecule has 6 heteroatoms. The van der Waals surface area contributed by atoms with E-state index in [1.165, 1.54) is 0 Å². The van der Waals surface area contributed by atoms with Crippen molar-refractivity contribution in [2.45, 2.75) is 56.4 Å². The molecule has 1 aromatic carbocycles.